The van der Waals surface area contributed by atoms with Gasteiger partial charge in [-0.3, -0.25) is 4.98 Å². The molecule has 0 spiro atoms. The number of nitrogens with two attached hydrogens (primary N) is 1. The average molecular weight is 228 g/mol. The Morgan fingerprint density at radius 1 is 1.47 bits per heavy atom. The molecule has 0 aliphatic heterocycles. The van der Waals surface area contributed by atoms with E-state index in [0.29, 0.717) is 5.92 Å². The maximum Gasteiger partial charge on any atom is 0.0947 e. The van der Waals surface area contributed by atoms with E-state index in [4.69, 9.17) is 5.73 Å². The van der Waals surface area contributed by atoms with Gasteiger partial charge in [0.1, 0.15) is 0 Å². The van der Waals surface area contributed by atoms with Crippen molar-refractivity contribution in [2.24, 2.45) is 12.8 Å². The molecule has 0 radical (unpaired) electrons. The molecular weight excluding hydrogens is 212 g/mol. The average Bonchev–Trinajstić information content (AvgIpc) is 2.94. The van der Waals surface area contributed by atoms with Crippen molar-refractivity contribution in [3.8, 4) is 0 Å². The van der Waals surface area contributed by atoms with E-state index in [1.165, 1.54) is 5.56 Å². The molecule has 2 aromatic rings. The van der Waals surface area contributed by atoms with Crippen LogP contribution < -0.4 is 5.73 Å². The molecule has 0 fully saturated rings. The molecule has 2 N–H and O–H groups in total. The first-order valence-corrected chi connectivity index (χ1v) is 5.93. The van der Waals surface area contributed by atoms with Crippen molar-refractivity contribution < 1.29 is 0 Å². The van der Waals surface area contributed by atoms with E-state index in [1.54, 1.807) is 6.33 Å². The van der Waals surface area contributed by atoms with E-state index in [1.807, 2.05) is 30.1 Å². The lowest BCUT2D eigenvalue weighted by molar-refractivity contribution is 0.531. The fraction of sp³-hybridized carbons (Fsp3) is 0.385. The second-order valence-electron chi connectivity index (χ2n) is 4.68. The summed E-state index contributed by atoms with van der Waals surface area (Å²) in [6, 6.07) is 4.09. The lowest BCUT2D eigenvalue weighted by atomic mass is 9.95. The lowest BCUT2D eigenvalue weighted by Gasteiger charge is -2.17. The van der Waals surface area contributed by atoms with E-state index in [2.05, 4.69) is 16.0 Å². The predicted molar refractivity (Wildman–Crippen MR) is 65.4 cm³/mol. The Bertz CT molecular complexity index is 532. The van der Waals surface area contributed by atoms with Crippen molar-refractivity contribution in [3.05, 3.63) is 47.8 Å². The summed E-state index contributed by atoms with van der Waals surface area (Å²) in [5.41, 5.74) is 9.76. The normalized spacial score (nSPS) is 20.2. The number of fused-ring (bicyclic) bond motifs is 1. The standard InChI is InChI=1S/C13H16N4/c1-17-7-11(16-8-17)12(14)10-5-4-9-3-2-6-15-13(9)10/h2-3,6-8,10,12H,4-5,14H2,1H3. The summed E-state index contributed by atoms with van der Waals surface area (Å²) in [5, 5.41) is 0. The van der Waals surface area contributed by atoms with Gasteiger partial charge in [0, 0.05) is 31.1 Å². The Kier molecular flexibility index (Phi) is 2.44. The molecule has 0 amide bonds. The number of hydrogen-bond donors (Lipinski definition) is 1. The zero-order valence-corrected chi connectivity index (χ0v) is 9.87. The van der Waals surface area contributed by atoms with Crippen molar-refractivity contribution in [1.29, 1.82) is 0 Å². The molecule has 4 heteroatoms. The van der Waals surface area contributed by atoms with Crippen molar-refractivity contribution in [1.82, 2.24) is 14.5 Å². The van der Waals surface area contributed by atoms with Crippen LogP contribution in [0.15, 0.2) is 30.9 Å². The Labute approximate surface area is 101 Å². The Hall–Kier alpha value is -1.68. The van der Waals surface area contributed by atoms with Crippen LogP contribution in [0.3, 0.4) is 0 Å². The highest BCUT2D eigenvalue weighted by Gasteiger charge is 2.30. The smallest absolute Gasteiger partial charge is 0.0947 e. The van der Waals surface area contributed by atoms with Crippen LogP contribution in [0.5, 0.6) is 0 Å². The van der Waals surface area contributed by atoms with Crippen LogP contribution in [0.25, 0.3) is 0 Å². The van der Waals surface area contributed by atoms with Crippen LogP contribution in [-0.2, 0) is 13.5 Å². The van der Waals surface area contributed by atoms with Gasteiger partial charge in [0.15, 0.2) is 0 Å². The highest BCUT2D eigenvalue weighted by atomic mass is 15.0. The summed E-state index contributed by atoms with van der Waals surface area (Å²) in [7, 11) is 1.96. The summed E-state index contributed by atoms with van der Waals surface area (Å²) < 4.78 is 1.93. The van der Waals surface area contributed by atoms with Gasteiger partial charge in [-0.2, -0.15) is 0 Å². The minimum atomic E-state index is -0.0488. The van der Waals surface area contributed by atoms with Crippen LogP contribution in [0.4, 0.5) is 0 Å². The number of imidazole rings is 1. The fourth-order valence-corrected chi connectivity index (χ4v) is 2.60. The van der Waals surface area contributed by atoms with E-state index in [-0.39, 0.29) is 6.04 Å². The van der Waals surface area contributed by atoms with E-state index >= 15 is 0 Å². The molecular formula is C13H16N4. The zero-order chi connectivity index (χ0) is 11.8. The van der Waals surface area contributed by atoms with Crippen LogP contribution in [-0.4, -0.2) is 14.5 Å². The largest absolute Gasteiger partial charge is 0.340 e. The minimum Gasteiger partial charge on any atom is -0.340 e. The summed E-state index contributed by atoms with van der Waals surface area (Å²) in [5.74, 6) is 0.307. The second kappa shape index (κ2) is 3.96. The van der Waals surface area contributed by atoms with Crippen LogP contribution in [0, 0.1) is 0 Å². The number of hydrogen-bond acceptors (Lipinski definition) is 3. The SMILES string of the molecule is Cn1cnc(C(N)C2CCc3cccnc32)c1. The van der Waals surface area contributed by atoms with Gasteiger partial charge in [-0.15, -0.1) is 0 Å². The van der Waals surface area contributed by atoms with Crippen molar-refractivity contribution in [2.45, 2.75) is 24.8 Å². The number of rotatable bonds is 2. The van der Waals surface area contributed by atoms with Gasteiger partial charge < -0.3 is 10.3 Å². The molecule has 4 nitrogen and oxygen atoms in total. The van der Waals surface area contributed by atoms with E-state index in [0.717, 1.165) is 24.2 Å². The molecule has 0 aromatic carbocycles. The Morgan fingerprint density at radius 2 is 2.35 bits per heavy atom. The van der Waals surface area contributed by atoms with Crippen molar-refractivity contribution in [3.63, 3.8) is 0 Å². The quantitative estimate of drug-likeness (QED) is 0.848. The summed E-state index contributed by atoms with van der Waals surface area (Å²) in [6.45, 7) is 0. The molecule has 17 heavy (non-hydrogen) atoms. The summed E-state index contributed by atoms with van der Waals surface area (Å²) in [4.78, 5) is 8.82. The molecule has 2 heterocycles. The molecule has 0 bridgehead atoms. The minimum absolute atomic E-state index is 0.0488. The third-order valence-corrected chi connectivity index (χ3v) is 3.50. The second-order valence-corrected chi connectivity index (χ2v) is 4.68. The van der Waals surface area contributed by atoms with E-state index in [9.17, 15) is 0 Å². The third kappa shape index (κ3) is 1.74. The van der Waals surface area contributed by atoms with E-state index < -0.39 is 0 Å². The van der Waals surface area contributed by atoms with Crippen LogP contribution in [0.2, 0.25) is 0 Å². The highest BCUT2D eigenvalue weighted by Crippen LogP contribution is 2.38. The van der Waals surface area contributed by atoms with Crippen LogP contribution in [0.1, 0.15) is 35.3 Å². The van der Waals surface area contributed by atoms with Gasteiger partial charge in [0.2, 0.25) is 0 Å². The monoisotopic (exact) mass is 228 g/mol. The van der Waals surface area contributed by atoms with Crippen LogP contribution >= 0.6 is 0 Å². The first-order valence-electron chi connectivity index (χ1n) is 5.93. The first-order chi connectivity index (χ1) is 8.25. The summed E-state index contributed by atoms with van der Waals surface area (Å²) in [6.07, 6.45) is 7.79. The first kappa shape index (κ1) is 10.5. The molecule has 1 aliphatic rings. The molecule has 0 saturated heterocycles. The Morgan fingerprint density at radius 3 is 3.12 bits per heavy atom. The Balaban J connectivity index is 1.92. The molecule has 2 atom stereocenters. The topological polar surface area (TPSA) is 56.7 Å². The van der Waals surface area contributed by atoms with Gasteiger partial charge in [-0.1, -0.05) is 6.07 Å². The third-order valence-electron chi connectivity index (χ3n) is 3.50. The van der Waals surface area contributed by atoms with Crippen molar-refractivity contribution in [2.75, 3.05) is 0 Å². The molecule has 1 aliphatic carbocycles. The molecule has 3 rings (SSSR count). The predicted octanol–water partition coefficient (Wildman–Crippen LogP) is 1.54. The van der Waals surface area contributed by atoms with Gasteiger partial charge in [0.05, 0.1) is 18.1 Å². The zero-order valence-electron chi connectivity index (χ0n) is 9.87. The number of pyridine rings is 1. The summed E-state index contributed by atoms with van der Waals surface area (Å²) >= 11 is 0. The van der Waals surface area contributed by atoms with Gasteiger partial charge in [-0.05, 0) is 24.5 Å². The fourth-order valence-electron chi connectivity index (χ4n) is 2.60. The number of aryl methyl sites for hydroxylation is 2. The van der Waals surface area contributed by atoms with Crippen molar-refractivity contribution >= 4 is 0 Å². The molecule has 2 aromatic heterocycles. The maximum absolute atomic E-state index is 6.31. The molecule has 0 saturated carbocycles. The lowest BCUT2D eigenvalue weighted by Crippen LogP contribution is -2.19. The maximum atomic E-state index is 6.31. The van der Waals surface area contributed by atoms with Gasteiger partial charge >= 0.3 is 0 Å². The number of aromatic nitrogens is 3. The molecule has 2 unspecified atom stereocenters. The molecule has 88 valence electrons. The van der Waals surface area contributed by atoms with Gasteiger partial charge in [0.25, 0.3) is 0 Å². The highest BCUT2D eigenvalue weighted by molar-refractivity contribution is 5.31. The number of nitrogens with zero attached hydrogens (tertiary/aromatic N) is 3. The van der Waals surface area contributed by atoms with Gasteiger partial charge in [-0.25, -0.2) is 4.98 Å².